The minimum Gasteiger partial charge on any atom is -0.383 e. The number of alkyl halides is 3. The van der Waals surface area contributed by atoms with Crippen LogP contribution in [-0.4, -0.2) is 28.8 Å². The van der Waals surface area contributed by atoms with Gasteiger partial charge in [-0.05, 0) is 24.0 Å². The van der Waals surface area contributed by atoms with E-state index in [9.17, 15) is 31.7 Å². The number of nitro groups is 1. The van der Waals surface area contributed by atoms with Gasteiger partial charge in [-0.1, -0.05) is 13.8 Å². The van der Waals surface area contributed by atoms with Crippen molar-refractivity contribution in [3.63, 3.8) is 0 Å². The van der Waals surface area contributed by atoms with E-state index in [4.69, 9.17) is 5.73 Å². The molecule has 1 aromatic heterocycles. The molecule has 3 rings (SSSR count). The molecule has 0 fully saturated rings. The Bertz CT molecular complexity index is 1100. The zero-order chi connectivity index (χ0) is 21.1. The lowest BCUT2D eigenvalue weighted by Crippen LogP contribution is -2.30. The molecule has 0 radical (unpaired) electrons. The maximum Gasteiger partial charge on any atom is 0.534 e. The van der Waals surface area contributed by atoms with Crippen molar-refractivity contribution in [2.24, 2.45) is 0 Å². The van der Waals surface area contributed by atoms with Gasteiger partial charge >= 0.3 is 21.3 Å². The molecule has 2 N–H and O–H groups in total. The van der Waals surface area contributed by atoms with Crippen LogP contribution in [0.2, 0.25) is 0 Å². The zero-order valence-electron chi connectivity index (χ0n) is 14.4. The Morgan fingerprint density at radius 3 is 2.50 bits per heavy atom. The fourth-order valence-electron chi connectivity index (χ4n) is 3.25. The number of nitrogen functional groups attached to an aromatic ring is 1. The second kappa shape index (κ2) is 6.02. The number of nitrogens with two attached hydrogens (primary N) is 1. The van der Waals surface area contributed by atoms with E-state index in [0.717, 1.165) is 12.4 Å². The van der Waals surface area contributed by atoms with Crippen LogP contribution >= 0.6 is 0 Å². The Kier molecular flexibility index (Phi) is 4.26. The van der Waals surface area contributed by atoms with E-state index in [2.05, 4.69) is 14.2 Å². The minimum atomic E-state index is -6.08. The molecular weight excluding hydrogens is 405 g/mol. The summed E-state index contributed by atoms with van der Waals surface area (Å²) in [5, 5.41) is 11.6. The highest BCUT2D eigenvalue weighted by molar-refractivity contribution is 7.88. The van der Waals surface area contributed by atoms with Crippen molar-refractivity contribution in [1.29, 1.82) is 0 Å². The molecule has 0 bridgehead atoms. The van der Waals surface area contributed by atoms with Crippen LogP contribution in [0, 0.1) is 10.1 Å². The molecule has 1 aromatic carbocycles. The van der Waals surface area contributed by atoms with Gasteiger partial charge in [0.1, 0.15) is 12.1 Å². The smallest absolute Gasteiger partial charge is 0.383 e. The van der Waals surface area contributed by atoms with Gasteiger partial charge in [-0.3, -0.25) is 10.1 Å². The molecule has 0 saturated carbocycles. The highest BCUT2D eigenvalue weighted by Gasteiger charge is 2.50. The van der Waals surface area contributed by atoms with Gasteiger partial charge in [0.15, 0.2) is 0 Å². The highest BCUT2D eigenvalue weighted by Crippen LogP contribution is 2.49. The summed E-state index contributed by atoms with van der Waals surface area (Å²) < 4.78 is 64.6. The number of benzene rings is 1. The fourth-order valence-corrected chi connectivity index (χ4v) is 3.71. The molecule has 0 atom stereocenters. The van der Waals surface area contributed by atoms with Crippen LogP contribution in [-0.2, 0) is 22.0 Å². The van der Waals surface area contributed by atoms with Crippen LogP contribution in [0.3, 0.4) is 0 Å². The monoisotopic (exact) mass is 418 g/mol. The summed E-state index contributed by atoms with van der Waals surface area (Å²) in [7, 11) is -6.08. The Hall–Kier alpha value is -2.96. The van der Waals surface area contributed by atoms with Gasteiger partial charge in [0, 0.05) is 16.7 Å². The first kappa shape index (κ1) is 19.8. The molecule has 1 heterocycles. The fraction of sp³-hybridized carbons (Fsp3) is 0.333. The van der Waals surface area contributed by atoms with Crippen molar-refractivity contribution in [2.75, 3.05) is 5.73 Å². The van der Waals surface area contributed by atoms with E-state index in [1.165, 1.54) is 6.07 Å². The Labute approximate surface area is 156 Å². The number of nitrogens with zero attached hydrogens (tertiary/aromatic N) is 3. The minimum absolute atomic E-state index is 0.00419. The summed E-state index contributed by atoms with van der Waals surface area (Å²) in [5.41, 5.74) is -0.434. The van der Waals surface area contributed by atoms with Crippen molar-refractivity contribution in [3.8, 4) is 17.0 Å². The van der Waals surface area contributed by atoms with Crippen LogP contribution < -0.4 is 9.92 Å². The predicted octanol–water partition coefficient (Wildman–Crippen LogP) is 2.70. The Morgan fingerprint density at radius 2 is 1.93 bits per heavy atom. The number of nitro benzene ring substituents is 1. The maximum absolute atomic E-state index is 12.6. The normalized spacial score (nSPS) is 15.5. The molecule has 0 amide bonds. The van der Waals surface area contributed by atoms with Gasteiger partial charge in [-0.2, -0.15) is 21.6 Å². The molecule has 0 spiro atoms. The second-order valence-electron chi connectivity index (χ2n) is 6.72. The topological polar surface area (TPSA) is 138 Å². The van der Waals surface area contributed by atoms with E-state index in [-0.39, 0.29) is 29.1 Å². The quantitative estimate of drug-likeness (QED) is 0.347. The van der Waals surface area contributed by atoms with E-state index < -0.39 is 37.4 Å². The number of halogens is 3. The number of hydrogen-bond acceptors (Lipinski definition) is 8. The second-order valence-corrected chi connectivity index (χ2v) is 8.26. The van der Waals surface area contributed by atoms with Crippen LogP contribution in [0.5, 0.6) is 5.75 Å². The number of anilines is 1. The SMILES string of the molecule is CC1(C)Cc2c(ccc(OS(=O)(=O)C(F)(F)F)c2[N+](=O)[O-])-c2ncnc(N)c21. The zero-order valence-corrected chi connectivity index (χ0v) is 15.3. The molecule has 13 heteroatoms. The highest BCUT2D eigenvalue weighted by atomic mass is 32.2. The molecule has 0 unspecified atom stereocenters. The first-order chi connectivity index (χ1) is 12.8. The van der Waals surface area contributed by atoms with Gasteiger partial charge in [-0.15, -0.1) is 0 Å². The van der Waals surface area contributed by atoms with E-state index in [0.29, 0.717) is 5.56 Å². The number of fused-ring (bicyclic) bond motifs is 3. The molecule has 0 aliphatic heterocycles. The molecule has 28 heavy (non-hydrogen) atoms. The number of hydrogen-bond donors (Lipinski definition) is 1. The van der Waals surface area contributed by atoms with Crippen molar-refractivity contribution >= 4 is 21.6 Å². The maximum atomic E-state index is 12.6. The number of aromatic nitrogens is 2. The van der Waals surface area contributed by atoms with Gasteiger partial charge in [0.25, 0.3) is 0 Å². The third-order valence-electron chi connectivity index (χ3n) is 4.34. The van der Waals surface area contributed by atoms with Crippen molar-refractivity contribution < 1.29 is 30.7 Å². The standard InChI is InChI=1S/C15H13F3N4O5S/c1-14(2)5-8-7(11-10(14)13(19)21-6-20-11)3-4-9(12(8)22(23)24)27-28(25,26)15(16,17)18/h3-4,6H,5H2,1-2H3,(H2,19,20,21). The van der Waals surface area contributed by atoms with Gasteiger partial charge in [0.05, 0.1) is 10.6 Å². The molecule has 9 nitrogen and oxygen atoms in total. The summed E-state index contributed by atoms with van der Waals surface area (Å²) in [6.07, 6.45) is 1.14. The lowest BCUT2D eigenvalue weighted by molar-refractivity contribution is -0.386. The summed E-state index contributed by atoms with van der Waals surface area (Å²) in [5.74, 6) is -0.856. The molecular formula is C15H13F3N4O5S. The third-order valence-corrected chi connectivity index (χ3v) is 5.30. The summed E-state index contributed by atoms with van der Waals surface area (Å²) in [4.78, 5) is 18.7. The third kappa shape index (κ3) is 3.00. The van der Waals surface area contributed by atoms with Crippen molar-refractivity contribution in [1.82, 2.24) is 9.97 Å². The molecule has 0 saturated heterocycles. The van der Waals surface area contributed by atoms with E-state index >= 15 is 0 Å². The average Bonchev–Trinajstić information content (AvgIpc) is 2.51. The summed E-state index contributed by atoms with van der Waals surface area (Å²) >= 11 is 0. The largest absolute Gasteiger partial charge is 0.534 e. The molecule has 1 aliphatic carbocycles. The first-order valence-corrected chi connectivity index (χ1v) is 9.09. The summed E-state index contributed by atoms with van der Waals surface area (Å²) in [6, 6.07) is 2.00. The van der Waals surface area contributed by atoms with Gasteiger partial charge in [-0.25, -0.2) is 9.97 Å². The molecule has 150 valence electrons. The van der Waals surface area contributed by atoms with Gasteiger partial charge < -0.3 is 9.92 Å². The summed E-state index contributed by atoms with van der Waals surface area (Å²) in [6.45, 7) is 3.41. The Morgan fingerprint density at radius 1 is 1.29 bits per heavy atom. The van der Waals surface area contributed by atoms with Crippen LogP contribution in [0.25, 0.3) is 11.3 Å². The van der Waals surface area contributed by atoms with Crippen molar-refractivity contribution in [3.05, 3.63) is 39.7 Å². The average molecular weight is 418 g/mol. The molecule has 1 aliphatic rings. The Balaban J connectivity index is 2.28. The number of rotatable bonds is 3. The van der Waals surface area contributed by atoms with Crippen LogP contribution in [0.15, 0.2) is 18.5 Å². The predicted molar refractivity (Wildman–Crippen MR) is 90.9 cm³/mol. The van der Waals surface area contributed by atoms with E-state index in [1.54, 1.807) is 13.8 Å². The molecule has 2 aromatic rings. The first-order valence-electron chi connectivity index (χ1n) is 7.68. The van der Waals surface area contributed by atoms with Crippen molar-refractivity contribution in [2.45, 2.75) is 31.2 Å². The van der Waals surface area contributed by atoms with Crippen LogP contribution in [0.4, 0.5) is 24.7 Å². The van der Waals surface area contributed by atoms with E-state index in [1.807, 2.05) is 0 Å². The lowest BCUT2D eigenvalue weighted by Gasteiger charge is -2.33. The lowest BCUT2D eigenvalue weighted by atomic mass is 9.71. The van der Waals surface area contributed by atoms with Gasteiger partial charge in [0.2, 0.25) is 5.75 Å². The van der Waals surface area contributed by atoms with Crippen LogP contribution in [0.1, 0.15) is 25.0 Å².